The number of rotatable bonds is 6. The lowest BCUT2D eigenvalue weighted by molar-refractivity contribution is 0.460. The largest absolute Gasteiger partial charge is 0.371 e. The van der Waals surface area contributed by atoms with Crippen LogP contribution in [0.5, 0.6) is 0 Å². The highest BCUT2D eigenvalue weighted by molar-refractivity contribution is 5.79. The van der Waals surface area contributed by atoms with Gasteiger partial charge in [0.05, 0.1) is 6.54 Å². The molecule has 2 N–H and O–H groups in total. The minimum absolute atomic E-state index is 0.187. The van der Waals surface area contributed by atoms with Crippen LogP contribution in [-0.2, 0) is 13.1 Å². The minimum Gasteiger partial charge on any atom is -0.371 e. The first kappa shape index (κ1) is 20.9. The van der Waals surface area contributed by atoms with Gasteiger partial charge in [-0.05, 0) is 36.6 Å². The fourth-order valence-electron chi connectivity index (χ4n) is 3.94. The van der Waals surface area contributed by atoms with Crippen molar-refractivity contribution in [3.8, 4) is 0 Å². The fourth-order valence-corrected chi connectivity index (χ4v) is 3.94. The van der Waals surface area contributed by atoms with E-state index in [-0.39, 0.29) is 5.82 Å². The van der Waals surface area contributed by atoms with Crippen molar-refractivity contribution in [2.24, 2.45) is 4.99 Å². The highest BCUT2D eigenvalue weighted by Crippen LogP contribution is 2.20. The number of imidazole rings is 1. The van der Waals surface area contributed by atoms with Gasteiger partial charge >= 0.3 is 0 Å². The Morgan fingerprint density at radius 3 is 2.68 bits per heavy atom. The first-order valence-electron chi connectivity index (χ1n) is 10.7. The molecule has 0 atom stereocenters. The number of piperidine rings is 1. The number of benzene rings is 2. The number of hydrogen-bond donors (Lipinski definition) is 2. The number of guanidine groups is 1. The molecule has 4 rings (SSSR count). The Bertz CT molecular complexity index is 992. The molecule has 1 aromatic heterocycles. The summed E-state index contributed by atoms with van der Waals surface area (Å²) in [6.07, 6.45) is 5.78. The number of hydrogen-bond acceptors (Lipinski definition) is 3. The predicted molar refractivity (Wildman–Crippen MR) is 123 cm³/mol. The molecule has 1 saturated heterocycles. The van der Waals surface area contributed by atoms with Crippen LogP contribution < -0.4 is 15.5 Å². The summed E-state index contributed by atoms with van der Waals surface area (Å²) in [6.45, 7) is 3.17. The number of halogens is 1. The van der Waals surface area contributed by atoms with E-state index in [4.69, 9.17) is 0 Å². The molecule has 0 saturated carbocycles. The molecule has 0 aliphatic carbocycles. The zero-order valence-electron chi connectivity index (χ0n) is 17.8. The van der Waals surface area contributed by atoms with Crippen LogP contribution in [-0.4, -0.2) is 41.7 Å². The summed E-state index contributed by atoms with van der Waals surface area (Å²) < 4.78 is 15.6. The second-order valence-electron chi connectivity index (χ2n) is 7.77. The van der Waals surface area contributed by atoms with Gasteiger partial charge in [-0.3, -0.25) is 4.99 Å². The molecule has 0 bridgehead atoms. The lowest BCUT2D eigenvalue weighted by Gasteiger charge is -2.34. The van der Waals surface area contributed by atoms with Crippen molar-refractivity contribution in [3.05, 3.63) is 84.2 Å². The second kappa shape index (κ2) is 10.1. The summed E-state index contributed by atoms with van der Waals surface area (Å²) in [5.41, 5.74) is 2.19. The van der Waals surface area contributed by atoms with Crippen LogP contribution in [0.4, 0.5) is 10.1 Å². The molecule has 31 heavy (non-hydrogen) atoms. The van der Waals surface area contributed by atoms with Gasteiger partial charge in [-0.1, -0.05) is 36.4 Å². The van der Waals surface area contributed by atoms with Gasteiger partial charge in [-0.2, -0.15) is 0 Å². The molecule has 6 nitrogen and oxygen atoms in total. The first-order valence-corrected chi connectivity index (χ1v) is 10.7. The maximum absolute atomic E-state index is 13.5. The van der Waals surface area contributed by atoms with E-state index in [2.05, 4.69) is 54.3 Å². The van der Waals surface area contributed by atoms with Gasteiger partial charge in [-0.25, -0.2) is 9.37 Å². The molecule has 2 heterocycles. The molecule has 1 aliphatic rings. The Hall–Kier alpha value is -3.35. The minimum atomic E-state index is -0.187. The summed E-state index contributed by atoms with van der Waals surface area (Å²) in [5, 5.41) is 6.91. The zero-order valence-corrected chi connectivity index (χ0v) is 17.8. The van der Waals surface area contributed by atoms with Crippen LogP contribution >= 0.6 is 0 Å². The smallest absolute Gasteiger partial charge is 0.191 e. The van der Waals surface area contributed by atoms with E-state index in [0.29, 0.717) is 12.6 Å². The molecule has 1 aliphatic heterocycles. The van der Waals surface area contributed by atoms with E-state index in [0.717, 1.165) is 49.9 Å². The molecule has 0 spiro atoms. The molecular formula is C24H29FN6. The summed E-state index contributed by atoms with van der Waals surface area (Å²) in [7, 11) is 1.79. The van der Waals surface area contributed by atoms with Gasteiger partial charge in [0, 0.05) is 50.8 Å². The average Bonchev–Trinajstić information content (AvgIpc) is 3.24. The Labute approximate surface area is 182 Å². The molecule has 162 valence electrons. The number of nitrogens with zero attached hydrogens (tertiary/aromatic N) is 4. The van der Waals surface area contributed by atoms with Gasteiger partial charge in [0.25, 0.3) is 0 Å². The quantitative estimate of drug-likeness (QED) is 0.474. The van der Waals surface area contributed by atoms with Gasteiger partial charge < -0.3 is 20.1 Å². The van der Waals surface area contributed by atoms with Crippen molar-refractivity contribution in [1.82, 2.24) is 20.2 Å². The summed E-state index contributed by atoms with van der Waals surface area (Å²) in [6, 6.07) is 17.5. The predicted octanol–water partition coefficient (Wildman–Crippen LogP) is 3.40. The lowest BCUT2D eigenvalue weighted by atomic mass is 10.0. The Morgan fingerprint density at radius 1 is 1.13 bits per heavy atom. The van der Waals surface area contributed by atoms with Gasteiger partial charge in [0.2, 0.25) is 0 Å². The maximum atomic E-state index is 13.5. The van der Waals surface area contributed by atoms with E-state index in [1.165, 1.54) is 11.6 Å². The number of anilines is 1. The van der Waals surface area contributed by atoms with Gasteiger partial charge in [0.15, 0.2) is 5.96 Å². The van der Waals surface area contributed by atoms with Crippen LogP contribution in [0.1, 0.15) is 24.2 Å². The van der Waals surface area contributed by atoms with Crippen molar-refractivity contribution in [2.75, 3.05) is 25.0 Å². The Morgan fingerprint density at radius 2 is 1.94 bits per heavy atom. The van der Waals surface area contributed by atoms with Crippen LogP contribution in [0, 0.1) is 5.82 Å². The van der Waals surface area contributed by atoms with Crippen LogP contribution in [0.2, 0.25) is 0 Å². The molecule has 2 aromatic carbocycles. The van der Waals surface area contributed by atoms with Crippen molar-refractivity contribution in [2.45, 2.75) is 32.0 Å². The molecule has 0 amide bonds. The normalized spacial score (nSPS) is 15.2. The van der Waals surface area contributed by atoms with Gasteiger partial charge in [-0.15, -0.1) is 0 Å². The van der Waals surface area contributed by atoms with Crippen LogP contribution in [0.15, 0.2) is 72.0 Å². The van der Waals surface area contributed by atoms with Crippen LogP contribution in [0.3, 0.4) is 0 Å². The van der Waals surface area contributed by atoms with Crippen molar-refractivity contribution in [3.63, 3.8) is 0 Å². The van der Waals surface area contributed by atoms with Crippen molar-refractivity contribution < 1.29 is 4.39 Å². The Kier molecular flexibility index (Phi) is 6.82. The van der Waals surface area contributed by atoms with Gasteiger partial charge in [0.1, 0.15) is 11.6 Å². The third-order valence-corrected chi connectivity index (χ3v) is 5.64. The Balaban J connectivity index is 1.27. The average molecular weight is 421 g/mol. The molecule has 1 fully saturated rings. The lowest BCUT2D eigenvalue weighted by Crippen LogP contribution is -2.48. The monoisotopic (exact) mass is 420 g/mol. The van der Waals surface area contributed by atoms with Crippen molar-refractivity contribution in [1.29, 1.82) is 0 Å². The van der Waals surface area contributed by atoms with E-state index >= 15 is 0 Å². The fraction of sp³-hybridized carbons (Fsp3) is 0.333. The third-order valence-electron chi connectivity index (χ3n) is 5.64. The molecule has 3 aromatic rings. The number of nitrogens with one attached hydrogen (secondary N) is 2. The molecule has 0 unspecified atom stereocenters. The standard InChI is InChI=1S/C24H29FN6/c1-26-24(28-17-23-27-12-15-31(23)18-19-6-3-2-4-7-19)29-21-10-13-30(14-11-21)22-9-5-8-20(25)16-22/h2-9,12,15-16,21H,10-11,13-14,17-18H2,1H3,(H2,26,28,29). The van der Waals surface area contributed by atoms with Crippen molar-refractivity contribution >= 4 is 11.6 Å². The SMILES string of the molecule is CN=C(NCc1nccn1Cc1ccccc1)NC1CCN(c2cccc(F)c2)CC1. The highest BCUT2D eigenvalue weighted by atomic mass is 19.1. The molecule has 0 radical (unpaired) electrons. The summed E-state index contributed by atoms with van der Waals surface area (Å²) >= 11 is 0. The summed E-state index contributed by atoms with van der Waals surface area (Å²) in [5.74, 6) is 1.55. The summed E-state index contributed by atoms with van der Waals surface area (Å²) in [4.78, 5) is 11.1. The zero-order chi connectivity index (χ0) is 21.5. The maximum Gasteiger partial charge on any atom is 0.191 e. The van der Waals surface area contributed by atoms with E-state index in [1.54, 1.807) is 19.2 Å². The second-order valence-corrected chi connectivity index (χ2v) is 7.77. The molecular weight excluding hydrogens is 391 g/mol. The van der Waals surface area contributed by atoms with E-state index in [9.17, 15) is 4.39 Å². The topological polar surface area (TPSA) is 57.5 Å². The van der Waals surface area contributed by atoms with Crippen LogP contribution in [0.25, 0.3) is 0 Å². The first-order chi connectivity index (χ1) is 15.2. The van der Waals surface area contributed by atoms with E-state index < -0.39 is 0 Å². The third kappa shape index (κ3) is 5.63. The highest BCUT2D eigenvalue weighted by Gasteiger charge is 2.20. The van der Waals surface area contributed by atoms with E-state index in [1.807, 2.05) is 24.5 Å². The molecule has 7 heteroatoms. The number of aliphatic imine (C=N–C) groups is 1. The number of aromatic nitrogens is 2.